The fourth-order valence-electron chi connectivity index (χ4n) is 2.26. The lowest BCUT2D eigenvalue weighted by Gasteiger charge is -2.28. The van der Waals surface area contributed by atoms with Gasteiger partial charge in [-0.25, -0.2) is 0 Å². The second-order valence-electron chi connectivity index (χ2n) is 4.41. The van der Waals surface area contributed by atoms with Crippen LogP contribution in [0.25, 0.3) is 0 Å². The predicted molar refractivity (Wildman–Crippen MR) is 72.4 cm³/mol. The molecule has 0 bridgehead atoms. The van der Waals surface area contributed by atoms with Crippen molar-refractivity contribution in [3.63, 3.8) is 0 Å². The maximum atomic E-state index is 9.73. The monoisotopic (exact) mass is 273 g/mol. The van der Waals surface area contributed by atoms with Gasteiger partial charge in [0, 0.05) is 19.3 Å². The van der Waals surface area contributed by atoms with Crippen LogP contribution in [0.5, 0.6) is 11.5 Å². The molecule has 0 aromatic heterocycles. The summed E-state index contributed by atoms with van der Waals surface area (Å²) in [4.78, 5) is 0. The quantitative estimate of drug-likeness (QED) is 0.887. The minimum atomic E-state index is -0.0456. The van der Waals surface area contributed by atoms with Crippen molar-refractivity contribution in [1.82, 2.24) is 0 Å². The summed E-state index contributed by atoms with van der Waals surface area (Å²) >= 11 is 0. The van der Waals surface area contributed by atoms with Crippen molar-refractivity contribution >= 4 is 12.4 Å². The number of hydrogen-bond donors (Lipinski definition) is 2. The molecular formula is C13H20ClNO3. The molecule has 0 aliphatic carbocycles. The first-order valence-electron chi connectivity index (χ1n) is 5.92. The third kappa shape index (κ3) is 3.28. The van der Waals surface area contributed by atoms with E-state index in [0.717, 1.165) is 31.6 Å². The number of phenols is 1. The van der Waals surface area contributed by atoms with E-state index in [9.17, 15) is 5.11 Å². The molecule has 1 aliphatic heterocycles. The molecule has 0 radical (unpaired) electrons. The van der Waals surface area contributed by atoms with Crippen LogP contribution >= 0.6 is 12.4 Å². The van der Waals surface area contributed by atoms with E-state index in [1.54, 1.807) is 12.1 Å². The van der Waals surface area contributed by atoms with Crippen molar-refractivity contribution in [1.29, 1.82) is 0 Å². The highest BCUT2D eigenvalue weighted by molar-refractivity contribution is 5.85. The van der Waals surface area contributed by atoms with E-state index in [2.05, 4.69) is 0 Å². The average molecular weight is 274 g/mol. The molecule has 4 nitrogen and oxygen atoms in total. The molecule has 1 atom stereocenters. The van der Waals surface area contributed by atoms with Crippen LogP contribution in [0.2, 0.25) is 0 Å². The van der Waals surface area contributed by atoms with E-state index >= 15 is 0 Å². The van der Waals surface area contributed by atoms with E-state index in [1.165, 1.54) is 7.11 Å². The topological polar surface area (TPSA) is 64.7 Å². The summed E-state index contributed by atoms with van der Waals surface area (Å²) in [5.74, 6) is 1.05. The summed E-state index contributed by atoms with van der Waals surface area (Å²) < 4.78 is 10.3. The maximum Gasteiger partial charge on any atom is 0.160 e. The summed E-state index contributed by atoms with van der Waals surface area (Å²) in [5.41, 5.74) is 7.18. The van der Waals surface area contributed by atoms with Crippen molar-refractivity contribution in [2.75, 3.05) is 20.3 Å². The molecule has 5 heteroatoms. The van der Waals surface area contributed by atoms with Gasteiger partial charge >= 0.3 is 0 Å². The van der Waals surface area contributed by atoms with Gasteiger partial charge in [-0.3, -0.25) is 0 Å². The lowest BCUT2D eigenvalue weighted by atomic mass is 9.88. The Hall–Kier alpha value is -0.970. The van der Waals surface area contributed by atoms with Gasteiger partial charge in [-0.1, -0.05) is 6.07 Å². The third-order valence-corrected chi connectivity index (χ3v) is 3.36. The molecule has 1 saturated heterocycles. The second-order valence-corrected chi connectivity index (χ2v) is 4.41. The molecule has 102 valence electrons. The first-order valence-corrected chi connectivity index (χ1v) is 5.92. The van der Waals surface area contributed by atoms with Crippen LogP contribution in [-0.2, 0) is 4.74 Å². The summed E-state index contributed by atoms with van der Waals surface area (Å²) in [6.45, 7) is 1.56. The number of hydrogen-bond acceptors (Lipinski definition) is 4. The van der Waals surface area contributed by atoms with E-state index in [1.807, 2.05) is 6.07 Å². The van der Waals surface area contributed by atoms with Crippen molar-refractivity contribution in [3.05, 3.63) is 23.8 Å². The Morgan fingerprint density at radius 1 is 1.39 bits per heavy atom. The molecule has 3 N–H and O–H groups in total. The normalized spacial score (nSPS) is 17.9. The highest BCUT2D eigenvalue weighted by Crippen LogP contribution is 2.33. The van der Waals surface area contributed by atoms with Crippen LogP contribution in [0.4, 0.5) is 0 Å². The Labute approximate surface area is 113 Å². The van der Waals surface area contributed by atoms with E-state index in [0.29, 0.717) is 11.7 Å². The Kier molecular flexibility index (Phi) is 5.72. The van der Waals surface area contributed by atoms with Gasteiger partial charge in [0.25, 0.3) is 0 Å². The summed E-state index contributed by atoms with van der Waals surface area (Å²) in [5, 5.41) is 9.73. The minimum absolute atomic E-state index is 0. The number of phenolic OH excluding ortho intramolecular Hbond substituents is 1. The average Bonchev–Trinajstić information content (AvgIpc) is 2.39. The summed E-state index contributed by atoms with van der Waals surface area (Å²) in [7, 11) is 1.53. The maximum absolute atomic E-state index is 9.73. The zero-order chi connectivity index (χ0) is 12.3. The molecule has 1 aliphatic rings. The van der Waals surface area contributed by atoms with Crippen molar-refractivity contribution in [3.8, 4) is 11.5 Å². The van der Waals surface area contributed by atoms with Crippen LogP contribution in [0.1, 0.15) is 24.4 Å². The van der Waals surface area contributed by atoms with Crippen LogP contribution in [-0.4, -0.2) is 25.4 Å². The summed E-state index contributed by atoms with van der Waals surface area (Å²) in [6.07, 6.45) is 1.96. The molecule has 0 spiro atoms. The van der Waals surface area contributed by atoms with E-state index in [4.69, 9.17) is 15.2 Å². The van der Waals surface area contributed by atoms with Crippen molar-refractivity contribution in [2.24, 2.45) is 11.7 Å². The Bertz CT molecular complexity index is 380. The first-order chi connectivity index (χ1) is 8.22. The van der Waals surface area contributed by atoms with Crippen molar-refractivity contribution in [2.45, 2.75) is 18.9 Å². The predicted octanol–water partition coefficient (Wildman–Crippen LogP) is 2.25. The van der Waals surface area contributed by atoms with Crippen LogP contribution < -0.4 is 10.5 Å². The highest BCUT2D eigenvalue weighted by atomic mass is 35.5. The van der Waals surface area contributed by atoms with Gasteiger partial charge in [0.05, 0.1) is 7.11 Å². The number of benzene rings is 1. The molecule has 0 amide bonds. The summed E-state index contributed by atoms with van der Waals surface area (Å²) in [6, 6.07) is 5.32. The Morgan fingerprint density at radius 3 is 2.61 bits per heavy atom. The molecule has 0 unspecified atom stereocenters. The molecule has 0 saturated carbocycles. The molecule has 1 aromatic carbocycles. The molecule has 2 rings (SSSR count). The van der Waals surface area contributed by atoms with Gasteiger partial charge in [-0.2, -0.15) is 0 Å². The van der Waals surface area contributed by atoms with Gasteiger partial charge in [-0.05, 0) is 36.5 Å². The lowest BCUT2D eigenvalue weighted by Crippen LogP contribution is -2.27. The molecule has 1 aromatic rings. The van der Waals surface area contributed by atoms with E-state index < -0.39 is 0 Å². The number of nitrogens with two attached hydrogens (primary N) is 1. The largest absolute Gasteiger partial charge is 0.504 e. The number of halogens is 1. The van der Waals surface area contributed by atoms with Crippen molar-refractivity contribution < 1.29 is 14.6 Å². The minimum Gasteiger partial charge on any atom is -0.504 e. The number of rotatable bonds is 3. The Balaban J connectivity index is 0.00000162. The van der Waals surface area contributed by atoms with Gasteiger partial charge in [0.1, 0.15) is 0 Å². The molecule has 1 heterocycles. The van der Waals surface area contributed by atoms with E-state index in [-0.39, 0.29) is 24.2 Å². The molecule has 1 fully saturated rings. The van der Waals surface area contributed by atoms with Crippen LogP contribution in [0.15, 0.2) is 18.2 Å². The molecule has 18 heavy (non-hydrogen) atoms. The van der Waals surface area contributed by atoms with Gasteiger partial charge in [0.2, 0.25) is 0 Å². The van der Waals surface area contributed by atoms with Crippen LogP contribution in [0, 0.1) is 5.92 Å². The number of ether oxygens (including phenoxy) is 2. The third-order valence-electron chi connectivity index (χ3n) is 3.36. The smallest absolute Gasteiger partial charge is 0.160 e. The lowest BCUT2D eigenvalue weighted by molar-refractivity contribution is 0.0583. The zero-order valence-electron chi connectivity index (χ0n) is 10.5. The van der Waals surface area contributed by atoms with Crippen LogP contribution in [0.3, 0.4) is 0 Å². The highest BCUT2D eigenvalue weighted by Gasteiger charge is 2.22. The number of aromatic hydroxyl groups is 1. The Morgan fingerprint density at radius 2 is 2.06 bits per heavy atom. The fraction of sp³-hybridized carbons (Fsp3) is 0.538. The van der Waals surface area contributed by atoms with Gasteiger partial charge < -0.3 is 20.3 Å². The van der Waals surface area contributed by atoms with Gasteiger partial charge in [-0.15, -0.1) is 12.4 Å². The molecular weight excluding hydrogens is 254 g/mol. The fourth-order valence-corrected chi connectivity index (χ4v) is 2.26. The standard InChI is InChI=1S/C13H19NO3.ClH/c1-16-12-3-2-10(8-11(12)15)13(14)9-4-6-17-7-5-9;/h2-3,8-9,13,15H,4-7,14H2,1H3;1H/t13-;/m0./s1. The first kappa shape index (κ1) is 15.1. The second kappa shape index (κ2) is 6.83. The van der Waals surface area contributed by atoms with Gasteiger partial charge in [0.15, 0.2) is 11.5 Å². The number of methoxy groups -OCH3 is 1. The SMILES string of the molecule is COc1ccc([C@@H](N)C2CCOCC2)cc1O.Cl. The zero-order valence-corrected chi connectivity index (χ0v) is 11.3.